The quantitative estimate of drug-likeness (QED) is 0.826. The molecule has 0 saturated carbocycles. The third kappa shape index (κ3) is 2.73. The third-order valence-corrected chi connectivity index (χ3v) is 4.22. The van der Waals surface area contributed by atoms with Gasteiger partial charge in [-0.25, -0.2) is 4.79 Å². The number of aromatic hydroxyl groups is 1. The van der Waals surface area contributed by atoms with E-state index in [0.29, 0.717) is 23.2 Å². The molecule has 3 rings (SSSR count). The molecule has 2 aromatic rings. The van der Waals surface area contributed by atoms with Crippen LogP contribution >= 0.6 is 11.6 Å². The average molecular weight is 362 g/mol. The van der Waals surface area contributed by atoms with Gasteiger partial charge in [0.15, 0.2) is 5.75 Å². The van der Waals surface area contributed by atoms with Gasteiger partial charge in [0, 0.05) is 31.7 Å². The molecule has 0 aliphatic carbocycles. The molecule has 0 unspecified atom stereocenters. The van der Waals surface area contributed by atoms with Gasteiger partial charge in [0.25, 0.3) is 5.56 Å². The molecule has 130 valence electrons. The van der Waals surface area contributed by atoms with E-state index in [4.69, 9.17) is 16.3 Å². The lowest BCUT2D eigenvalue weighted by atomic mass is 10.3. The van der Waals surface area contributed by atoms with E-state index in [0.717, 1.165) is 14.8 Å². The zero-order valence-corrected chi connectivity index (χ0v) is 14.7. The monoisotopic (exact) mass is 361 g/mol. The van der Waals surface area contributed by atoms with Crippen LogP contribution in [0.4, 0.5) is 5.69 Å². The van der Waals surface area contributed by atoms with Gasteiger partial charge in [0.1, 0.15) is 5.56 Å². The highest BCUT2D eigenvalue weighted by Crippen LogP contribution is 2.40. The number of anilines is 1. The number of hydrogen-bond acceptors (Lipinski definition) is 5. The molecular weight excluding hydrogens is 346 g/mol. The Hall–Kier alpha value is -2.89. The Morgan fingerprint density at radius 3 is 2.68 bits per heavy atom. The van der Waals surface area contributed by atoms with Crippen LogP contribution in [0.2, 0.25) is 5.02 Å². The summed E-state index contributed by atoms with van der Waals surface area (Å²) in [5.41, 5.74) is 2.40. The van der Waals surface area contributed by atoms with Crippen molar-refractivity contribution < 1.29 is 9.84 Å². The van der Waals surface area contributed by atoms with Crippen LogP contribution in [0.3, 0.4) is 0 Å². The fourth-order valence-electron chi connectivity index (χ4n) is 2.60. The van der Waals surface area contributed by atoms with Crippen molar-refractivity contribution in [3.05, 3.63) is 61.2 Å². The first-order valence-electron chi connectivity index (χ1n) is 7.55. The van der Waals surface area contributed by atoms with Crippen molar-refractivity contribution in [2.45, 2.75) is 6.92 Å². The van der Waals surface area contributed by atoms with Crippen molar-refractivity contribution in [3.8, 4) is 11.6 Å². The second kappa shape index (κ2) is 6.20. The Labute approximate surface area is 148 Å². The molecule has 0 bridgehead atoms. The number of aromatic nitrogens is 2. The highest BCUT2D eigenvalue weighted by atomic mass is 35.5. The minimum absolute atomic E-state index is 0.0502. The van der Waals surface area contributed by atoms with Crippen LogP contribution in [0, 0.1) is 0 Å². The van der Waals surface area contributed by atoms with Gasteiger partial charge in [-0.2, -0.15) is 0 Å². The van der Waals surface area contributed by atoms with Crippen molar-refractivity contribution in [1.29, 1.82) is 0 Å². The van der Waals surface area contributed by atoms with Crippen molar-refractivity contribution >= 4 is 23.4 Å². The van der Waals surface area contributed by atoms with E-state index >= 15 is 0 Å². The predicted molar refractivity (Wildman–Crippen MR) is 95.2 cm³/mol. The van der Waals surface area contributed by atoms with Gasteiger partial charge in [-0.05, 0) is 25.1 Å². The molecule has 7 nitrogen and oxygen atoms in total. The Morgan fingerprint density at radius 1 is 1.28 bits per heavy atom. The Kier molecular flexibility index (Phi) is 4.20. The van der Waals surface area contributed by atoms with Gasteiger partial charge < -0.3 is 14.7 Å². The minimum atomic E-state index is -0.615. The number of nitrogens with zero attached hydrogens (tertiary/aromatic N) is 3. The number of rotatable bonds is 2. The van der Waals surface area contributed by atoms with Crippen LogP contribution in [-0.2, 0) is 14.1 Å². The second-order valence-corrected chi connectivity index (χ2v) is 5.93. The highest BCUT2D eigenvalue weighted by molar-refractivity contribution is 6.31. The molecule has 0 atom stereocenters. The largest absolute Gasteiger partial charge is 0.494 e. The molecule has 1 aromatic heterocycles. The van der Waals surface area contributed by atoms with Crippen LogP contribution in [0.1, 0.15) is 12.5 Å². The maximum atomic E-state index is 12.2. The van der Waals surface area contributed by atoms with Gasteiger partial charge >= 0.3 is 5.69 Å². The fourth-order valence-corrected chi connectivity index (χ4v) is 2.76. The van der Waals surface area contributed by atoms with Gasteiger partial charge in [-0.1, -0.05) is 17.3 Å². The van der Waals surface area contributed by atoms with E-state index in [1.807, 2.05) is 11.8 Å². The van der Waals surface area contributed by atoms with Crippen LogP contribution in [0.15, 0.2) is 39.4 Å². The molecule has 1 aromatic carbocycles. The topological polar surface area (TPSA) is 76.7 Å². The smallest absolute Gasteiger partial charge is 0.333 e. The maximum Gasteiger partial charge on any atom is 0.333 e. The Balaban J connectivity index is 2.14. The first kappa shape index (κ1) is 17.0. The predicted octanol–water partition coefficient (Wildman–Crippen LogP) is 1.82. The first-order chi connectivity index (χ1) is 11.8. The molecule has 2 heterocycles. The lowest BCUT2D eigenvalue weighted by Gasteiger charge is -2.13. The lowest BCUT2D eigenvalue weighted by molar-refractivity contribution is 0.410. The zero-order chi connectivity index (χ0) is 18.3. The molecule has 0 spiro atoms. The van der Waals surface area contributed by atoms with Gasteiger partial charge in [0.2, 0.25) is 11.8 Å². The zero-order valence-electron chi connectivity index (χ0n) is 13.9. The van der Waals surface area contributed by atoms with Gasteiger partial charge in [-0.3, -0.25) is 13.9 Å². The first-order valence-corrected chi connectivity index (χ1v) is 7.93. The summed E-state index contributed by atoms with van der Waals surface area (Å²) in [5.74, 6) is 0.567. The number of hydrogen-bond donors (Lipinski definition) is 1. The summed E-state index contributed by atoms with van der Waals surface area (Å²) >= 11 is 6.03. The number of halogens is 1. The SMILES string of the molecule is CCN1C(=C=Cc2c(O)n(C)c(=O)n(C)c2=O)Oc2ccc(Cl)cc21. The summed E-state index contributed by atoms with van der Waals surface area (Å²) in [5, 5.41) is 10.7. The summed E-state index contributed by atoms with van der Waals surface area (Å²) in [6.07, 6.45) is 1.31. The molecule has 0 fully saturated rings. The van der Waals surface area contributed by atoms with Gasteiger partial charge in [-0.15, -0.1) is 0 Å². The molecule has 0 amide bonds. The normalized spacial score (nSPS) is 12.6. The third-order valence-electron chi connectivity index (χ3n) is 3.99. The molecule has 25 heavy (non-hydrogen) atoms. The van der Waals surface area contributed by atoms with Crippen molar-refractivity contribution in [3.63, 3.8) is 0 Å². The molecule has 0 radical (unpaired) electrons. The van der Waals surface area contributed by atoms with Crippen LogP contribution in [0.5, 0.6) is 11.6 Å². The summed E-state index contributed by atoms with van der Waals surface area (Å²) in [7, 11) is 2.72. The van der Waals surface area contributed by atoms with E-state index < -0.39 is 17.1 Å². The van der Waals surface area contributed by atoms with E-state index in [-0.39, 0.29) is 5.56 Å². The summed E-state index contributed by atoms with van der Waals surface area (Å²) in [4.78, 5) is 25.8. The standard InChI is InChI=1S/C17H16ClN3O4/c1-4-21-12-9-10(18)5-7-13(12)25-14(21)8-6-11-15(22)19(2)17(24)20(3)16(11)23/h5-7,9,22H,4H2,1-3H3. The van der Waals surface area contributed by atoms with Crippen LogP contribution in [0.25, 0.3) is 6.08 Å². The Morgan fingerprint density at radius 2 is 2.00 bits per heavy atom. The minimum Gasteiger partial charge on any atom is -0.494 e. The fraction of sp³-hybridized carbons (Fsp3) is 0.235. The van der Waals surface area contributed by atoms with Crippen LogP contribution < -0.4 is 20.9 Å². The number of ether oxygens (including phenoxy) is 1. The van der Waals surface area contributed by atoms with Crippen molar-refractivity contribution in [1.82, 2.24) is 9.13 Å². The molecule has 8 heteroatoms. The average Bonchev–Trinajstić information content (AvgIpc) is 2.94. The molecule has 1 N–H and O–H groups in total. The van der Waals surface area contributed by atoms with Gasteiger partial charge in [0.05, 0.1) is 5.69 Å². The number of benzene rings is 1. The highest BCUT2D eigenvalue weighted by Gasteiger charge is 2.25. The van der Waals surface area contributed by atoms with Crippen molar-refractivity contribution in [2.75, 3.05) is 11.4 Å². The van der Waals surface area contributed by atoms with Crippen LogP contribution in [-0.4, -0.2) is 20.8 Å². The molecule has 1 aliphatic heterocycles. The van der Waals surface area contributed by atoms with E-state index in [2.05, 4.69) is 5.73 Å². The molecule has 1 aliphatic rings. The van der Waals surface area contributed by atoms with Crippen molar-refractivity contribution in [2.24, 2.45) is 14.1 Å². The molecular formula is C17H16ClN3O4. The molecule has 0 saturated heterocycles. The maximum absolute atomic E-state index is 12.2. The van der Waals surface area contributed by atoms with E-state index in [9.17, 15) is 14.7 Å². The summed E-state index contributed by atoms with van der Waals surface area (Å²) in [6, 6.07) is 5.24. The summed E-state index contributed by atoms with van der Waals surface area (Å²) in [6.45, 7) is 2.53. The van der Waals surface area contributed by atoms with E-state index in [1.54, 1.807) is 18.2 Å². The number of fused-ring (bicyclic) bond motifs is 1. The Bertz CT molecular complexity index is 1050. The second-order valence-electron chi connectivity index (χ2n) is 5.50. The van der Waals surface area contributed by atoms with E-state index in [1.165, 1.54) is 20.2 Å². The lowest BCUT2D eigenvalue weighted by Crippen LogP contribution is -2.37. The summed E-state index contributed by atoms with van der Waals surface area (Å²) < 4.78 is 7.64.